The van der Waals surface area contributed by atoms with Gasteiger partial charge in [0.25, 0.3) is 5.91 Å². The Morgan fingerprint density at radius 1 is 0.889 bits per heavy atom. The summed E-state index contributed by atoms with van der Waals surface area (Å²) in [6.45, 7) is 3.68. The van der Waals surface area contributed by atoms with E-state index in [0.29, 0.717) is 28.0 Å². The Hall–Kier alpha value is -3.22. The number of benzene rings is 3. The minimum atomic E-state index is -0.767. The summed E-state index contributed by atoms with van der Waals surface area (Å²) >= 11 is 12.3. The van der Waals surface area contributed by atoms with Crippen molar-refractivity contribution in [1.29, 1.82) is 0 Å². The van der Waals surface area contributed by atoms with Crippen molar-refractivity contribution in [1.82, 2.24) is 10.2 Å². The smallest absolute Gasteiger partial charge is 0.261 e. The molecule has 0 unspecified atom stereocenters. The molecule has 0 fully saturated rings. The molecule has 0 heterocycles. The van der Waals surface area contributed by atoms with Crippen LogP contribution in [-0.4, -0.2) is 42.5 Å². The number of halogens is 2. The number of nitrogens with one attached hydrogen (secondary N) is 1. The Bertz CT molecular complexity index is 1150. The first-order chi connectivity index (χ1) is 17.3. The van der Waals surface area contributed by atoms with Crippen LogP contribution in [0.25, 0.3) is 0 Å². The van der Waals surface area contributed by atoms with Gasteiger partial charge in [-0.3, -0.25) is 9.59 Å². The number of carbonyl (C=O) groups is 2. The highest BCUT2D eigenvalue weighted by Crippen LogP contribution is 2.25. The molecule has 1 atom stereocenters. The number of ether oxygens (including phenoxy) is 2. The zero-order valence-corrected chi connectivity index (χ0v) is 22.1. The van der Waals surface area contributed by atoms with E-state index < -0.39 is 6.04 Å². The van der Waals surface area contributed by atoms with Gasteiger partial charge in [0.15, 0.2) is 6.61 Å². The van der Waals surface area contributed by atoms with Crippen molar-refractivity contribution in [2.45, 2.75) is 38.9 Å². The predicted molar refractivity (Wildman–Crippen MR) is 143 cm³/mol. The standard InChI is InChI=1S/C28H30Cl2N2O4/c1-19(2)31-28(34)26(16-20-7-5-4-6-8-20)32(17-21-9-14-24(29)25(30)15-21)27(33)18-36-23-12-10-22(35-3)11-13-23/h4-15,19,26H,16-18H2,1-3H3,(H,31,34)/t26-/m0/s1. The normalized spacial score (nSPS) is 11.6. The van der Waals surface area contributed by atoms with Crippen LogP contribution in [0, 0.1) is 0 Å². The first-order valence-electron chi connectivity index (χ1n) is 11.6. The molecule has 190 valence electrons. The van der Waals surface area contributed by atoms with Gasteiger partial charge in [0.05, 0.1) is 17.2 Å². The third-order valence-corrected chi connectivity index (χ3v) is 6.20. The third-order valence-electron chi connectivity index (χ3n) is 5.46. The molecule has 0 aromatic heterocycles. The van der Waals surface area contributed by atoms with Crippen LogP contribution in [0.3, 0.4) is 0 Å². The molecule has 2 amide bonds. The lowest BCUT2D eigenvalue weighted by atomic mass is 10.0. The molecule has 0 radical (unpaired) electrons. The number of nitrogens with zero attached hydrogens (tertiary/aromatic N) is 1. The minimum Gasteiger partial charge on any atom is -0.497 e. The maximum Gasteiger partial charge on any atom is 0.261 e. The Kier molecular flexibility index (Phi) is 10.0. The zero-order valence-electron chi connectivity index (χ0n) is 20.5. The molecule has 3 aromatic carbocycles. The highest BCUT2D eigenvalue weighted by Gasteiger charge is 2.31. The molecule has 0 spiro atoms. The van der Waals surface area contributed by atoms with Crippen LogP contribution >= 0.6 is 23.2 Å². The summed E-state index contributed by atoms with van der Waals surface area (Å²) in [6.07, 6.45) is 0.342. The van der Waals surface area contributed by atoms with E-state index in [2.05, 4.69) is 5.32 Å². The van der Waals surface area contributed by atoms with Gasteiger partial charge in [-0.05, 0) is 61.4 Å². The molecule has 36 heavy (non-hydrogen) atoms. The number of amides is 2. The number of methoxy groups -OCH3 is 1. The van der Waals surface area contributed by atoms with Gasteiger partial charge >= 0.3 is 0 Å². The second-order valence-electron chi connectivity index (χ2n) is 8.60. The van der Waals surface area contributed by atoms with Gasteiger partial charge < -0.3 is 19.7 Å². The van der Waals surface area contributed by atoms with Gasteiger partial charge in [0.2, 0.25) is 5.91 Å². The van der Waals surface area contributed by atoms with Gasteiger partial charge in [0, 0.05) is 19.0 Å². The molecule has 0 saturated heterocycles. The molecule has 0 saturated carbocycles. The fourth-order valence-electron chi connectivity index (χ4n) is 3.67. The summed E-state index contributed by atoms with van der Waals surface area (Å²) in [6, 6.07) is 20.9. The lowest BCUT2D eigenvalue weighted by Gasteiger charge is -2.32. The van der Waals surface area contributed by atoms with E-state index in [1.54, 1.807) is 49.6 Å². The molecule has 0 bridgehead atoms. The van der Waals surface area contributed by atoms with Crippen molar-refractivity contribution in [3.8, 4) is 11.5 Å². The topological polar surface area (TPSA) is 67.9 Å². The van der Waals surface area contributed by atoms with Crippen LogP contribution in [-0.2, 0) is 22.6 Å². The maximum atomic E-state index is 13.6. The maximum absolute atomic E-state index is 13.6. The number of hydrogen-bond acceptors (Lipinski definition) is 4. The second-order valence-corrected chi connectivity index (χ2v) is 9.42. The number of rotatable bonds is 11. The molecule has 6 nitrogen and oxygen atoms in total. The van der Waals surface area contributed by atoms with Gasteiger partial charge in [-0.25, -0.2) is 0 Å². The average molecular weight is 529 g/mol. The van der Waals surface area contributed by atoms with E-state index in [1.165, 1.54) is 4.90 Å². The quantitative estimate of drug-likeness (QED) is 0.354. The molecular weight excluding hydrogens is 499 g/mol. The van der Waals surface area contributed by atoms with E-state index in [-0.39, 0.29) is 31.0 Å². The van der Waals surface area contributed by atoms with Crippen LogP contribution in [0.4, 0.5) is 0 Å². The van der Waals surface area contributed by atoms with Crippen molar-refractivity contribution < 1.29 is 19.1 Å². The Balaban J connectivity index is 1.90. The van der Waals surface area contributed by atoms with Crippen LogP contribution in [0.5, 0.6) is 11.5 Å². The summed E-state index contributed by atoms with van der Waals surface area (Å²) in [5.41, 5.74) is 1.68. The Morgan fingerprint density at radius 2 is 1.56 bits per heavy atom. The van der Waals surface area contributed by atoms with Crippen LogP contribution in [0.2, 0.25) is 10.0 Å². The lowest BCUT2D eigenvalue weighted by Crippen LogP contribution is -2.52. The summed E-state index contributed by atoms with van der Waals surface area (Å²) < 4.78 is 10.9. The van der Waals surface area contributed by atoms with Crippen molar-refractivity contribution in [3.05, 3.63) is 94.0 Å². The molecule has 3 aromatic rings. The van der Waals surface area contributed by atoms with Crippen molar-refractivity contribution in [3.63, 3.8) is 0 Å². The van der Waals surface area contributed by atoms with E-state index >= 15 is 0 Å². The summed E-state index contributed by atoms with van der Waals surface area (Å²) in [7, 11) is 1.58. The molecule has 1 N–H and O–H groups in total. The molecule has 3 rings (SSSR count). The average Bonchev–Trinajstić information content (AvgIpc) is 2.87. The van der Waals surface area contributed by atoms with Gasteiger partial charge in [-0.15, -0.1) is 0 Å². The molecule has 0 aliphatic rings. The highest BCUT2D eigenvalue weighted by atomic mass is 35.5. The lowest BCUT2D eigenvalue weighted by molar-refractivity contribution is -0.143. The van der Waals surface area contributed by atoms with E-state index in [9.17, 15) is 9.59 Å². The minimum absolute atomic E-state index is 0.0896. The fraction of sp³-hybridized carbons (Fsp3) is 0.286. The molecule has 8 heteroatoms. The molecule has 0 aliphatic carbocycles. The number of carbonyl (C=O) groups excluding carboxylic acids is 2. The summed E-state index contributed by atoms with van der Waals surface area (Å²) in [5, 5.41) is 3.75. The van der Waals surface area contributed by atoms with Crippen molar-refractivity contribution >= 4 is 35.0 Å². The van der Waals surface area contributed by atoms with Crippen molar-refractivity contribution in [2.24, 2.45) is 0 Å². The zero-order chi connectivity index (χ0) is 26.1. The first kappa shape index (κ1) is 27.4. The van der Waals surface area contributed by atoms with Gasteiger partial charge in [-0.2, -0.15) is 0 Å². The predicted octanol–water partition coefficient (Wildman–Crippen LogP) is 5.55. The van der Waals surface area contributed by atoms with E-state index in [4.69, 9.17) is 32.7 Å². The van der Waals surface area contributed by atoms with Crippen LogP contribution < -0.4 is 14.8 Å². The summed E-state index contributed by atoms with van der Waals surface area (Å²) in [5.74, 6) is 0.622. The van der Waals surface area contributed by atoms with Crippen molar-refractivity contribution in [2.75, 3.05) is 13.7 Å². The van der Waals surface area contributed by atoms with E-state index in [0.717, 1.165) is 11.1 Å². The molecule has 0 aliphatic heterocycles. The molecular formula is C28H30Cl2N2O4. The Morgan fingerprint density at radius 3 is 2.17 bits per heavy atom. The monoisotopic (exact) mass is 528 g/mol. The Labute approximate surface area is 222 Å². The highest BCUT2D eigenvalue weighted by molar-refractivity contribution is 6.42. The largest absolute Gasteiger partial charge is 0.497 e. The SMILES string of the molecule is COc1ccc(OCC(=O)N(Cc2ccc(Cl)c(Cl)c2)[C@@H](Cc2ccccc2)C(=O)NC(C)C)cc1. The first-order valence-corrected chi connectivity index (χ1v) is 12.4. The summed E-state index contributed by atoms with van der Waals surface area (Å²) in [4.78, 5) is 28.4. The fourth-order valence-corrected chi connectivity index (χ4v) is 3.99. The van der Waals surface area contributed by atoms with Gasteiger partial charge in [0.1, 0.15) is 17.5 Å². The van der Waals surface area contributed by atoms with E-state index in [1.807, 2.05) is 44.2 Å². The second kappa shape index (κ2) is 13.2. The third kappa shape index (κ3) is 7.90. The number of hydrogen-bond donors (Lipinski definition) is 1. The van der Waals surface area contributed by atoms with Gasteiger partial charge in [-0.1, -0.05) is 59.6 Å². The van der Waals surface area contributed by atoms with Crippen LogP contribution in [0.1, 0.15) is 25.0 Å². The van der Waals surface area contributed by atoms with Crippen LogP contribution in [0.15, 0.2) is 72.8 Å².